The molecular weight excluding hydrogens is 556 g/mol. The van der Waals surface area contributed by atoms with Crippen LogP contribution in [0.25, 0.3) is 65.2 Å². The van der Waals surface area contributed by atoms with Gasteiger partial charge in [0.15, 0.2) is 0 Å². The standard InChI is InChI=1S/C44H40N2/c1-4-7-8-17-32(37-28-39-33-20-13-15-24-41(33)45(26-5-2)43(39)35-22-11-9-18-30(35)37)38-29-40-34-21-14-16-25-42(34)46(27-6-3)44(40)36-23-12-10-19-31(36)38/h5-6,9-16,18-25,28-29,32H,2-4,7-8,17,26-27H2,1H3. The van der Waals surface area contributed by atoms with Gasteiger partial charge in [0.25, 0.3) is 0 Å². The summed E-state index contributed by atoms with van der Waals surface area (Å²) in [5.74, 6) is 0.248. The van der Waals surface area contributed by atoms with E-state index in [0.29, 0.717) is 0 Å². The molecule has 0 spiro atoms. The second kappa shape index (κ2) is 11.7. The molecule has 0 bridgehead atoms. The number of fused-ring (bicyclic) bond motifs is 10. The molecule has 8 aromatic rings. The fourth-order valence-electron chi connectivity index (χ4n) is 8.17. The largest absolute Gasteiger partial charge is 0.336 e. The topological polar surface area (TPSA) is 9.86 Å². The summed E-state index contributed by atoms with van der Waals surface area (Å²) in [6.45, 7) is 12.1. The van der Waals surface area contributed by atoms with Gasteiger partial charge in [-0.05, 0) is 52.6 Å². The number of allylic oxidation sites excluding steroid dienone is 2. The molecule has 46 heavy (non-hydrogen) atoms. The van der Waals surface area contributed by atoms with Crippen molar-refractivity contribution in [3.63, 3.8) is 0 Å². The Bertz CT molecular complexity index is 2270. The molecule has 2 heteroatoms. The maximum Gasteiger partial charge on any atom is 0.0574 e. The van der Waals surface area contributed by atoms with Gasteiger partial charge >= 0.3 is 0 Å². The predicted molar refractivity (Wildman–Crippen MR) is 200 cm³/mol. The SMILES string of the molecule is C=CCn1c2ccccc2c2cc(C(CCCCC)c3cc4c5ccccc5n(CC=C)c4c4ccccc34)c3ccccc3c21. The number of hydrogen-bond acceptors (Lipinski definition) is 0. The van der Waals surface area contributed by atoms with Crippen molar-refractivity contribution in [2.24, 2.45) is 0 Å². The van der Waals surface area contributed by atoms with Crippen LogP contribution >= 0.6 is 0 Å². The molecule has 0 saturated heterocycles. The highest BCUT2D eigenvalue weighted by atomic mass is 15.0. The Morgan fingerprint density at radius 1 is 0.522 bits per heavy atom. The van der Waals surface area contributed by atoms with Gasteiger partial charge in [-0.1, -0.05) is 123 Å². The van der Waals surface area contributed by atoms with Crippen molar-refractivity contribution in [3.05, 3.63) is 146 Å². The minimum atomic E-state index is 0.248. The van der Waals surface area contributed by atoms with Gasteiger partial charge in [-0.3, -0.25) is 0 Å². The minimum absolute atomic E-state index is 0.248. The molecule has 0 atom stereocenters. The molecule has 2 aromatic heterocycles. The van der Waals surface area contributed by atoms with Gasteiger partial charge in [0.2, 0.25) is 0 Å². The highest BCUT2D eigenvalue weighted by molar-refractivity contribution is 6.20. The van der Waals surface area contributed by atoms with Gasteiger partial charge < -0.3 is 9.13 Å². The lowest BCUT2D eigenvalue weighted by Crippen LogP contribution is -2.05. The van der Waals surface area contributed by atoms with Crippen LogP contribution in [0.3, 0.4) is 0 Å². The Morgan fingerprint density at radius 3 is 1.37 bits per heavy atom. The van der Waals surface area contributed by atoms with E-state index in [2.05, 4.69) is 138 Å². The van der Waals surface area contributed by atoms with Crippen LogP contribution in [0.5, 0.6) is 0 Å². The van der Waals surface area contributed by atoms with Crippen LogP contribution in [0, 0.1) is 0 Å². The molecule has 2 heterocycles. The van der Waals surface area contributed by atoms with Crippen molar-refractivity contribution in [2.45, 2.75) is 51.6 Å². The molecule has 0 radical (unpaired) electrons. The van der Waals surface area contributed by atoms with E-state index in [1.165, 1.54) is 95.5 Å². The fourth-order valence-corrected chi connectivity index (χ4v) is 8.17. The normalized spacial score (nSPS) is 12.0. The molecule has 0 aliphatic carbocycles. The lowest BCUT2D eigenvalue weighted by Gasteiger charge is -2.24. The second-order valence-corrected chi connectivity index (χ2v) is 12.7. The lowest BCUT2D eigenvalue weighted by molar-refractivity contribution is 0.623. The summed E-state index contributed by atoms with van der Waals surface area (Å²) in [5.41, 5.74) is 8.01. The number of hydrogen-bond donors (Lipinski definition) is 0. The van der Waals surface area contributed by atoms with Crippen LogP contribution in [-0.2, 0) is 13.1 Å². The van der Waals surface area contributed by atoms with Crippen LogP contribution in [0.4, 0.5) is 0 Å². The Labute approximate surface area is 270 Å². The molecule has 0 fully saturated rings. The summed E-state index contributed by atoms with van der Waals surface area (Å²) in [4.78, 5) is 0. The third-order valence-corrected chi connectivity index (χ3v) is 10.1. The minimum Gasteiger partial charge on any atom is -0.336 e. The Balaban J connectivity index is 1.50. The zero-order valence-corrected chi connectivity index (χ0v) is 26.7. The van der Waals surface area contributed by atoms with Gasteiger partial charge in [0.1, 0.15) is 0 Å². The highest BCUT2D eigenvalue weighted by Crippen LogP contribution is 2.45. The van der Waals surface area contributed by atoms with Crippen LogP contribution < -0.4 is 0 Å². The first kappa shape index (κ1) is 28.4. The van der Waals surface area contributed by atoms with Crippen molar-refractivity contribution in [2.75, 3.05) is 0 Å². The molecule has 6 aromatic carbocycles. The van der Waals surface area contributed by atoms with Gasteiger partial charge in [0.05, 0.1) is 11.0 Å². The molecule has 0 amide bonds. The van der Waals surface area contributed by atoms with Crippen molar-refractivity contribution in [1.82, 2.24) is 9.13 Å². The molecule has 0 saturated carbocycles. The molecule has 0 aliphatic heterocycles. The quantitative estimate of drug-likeness (QED) is 0.110. The number of aromatic nitrogens is 2. The summed E-state index contributed by atoms with van der Waals surface area (Å²) in [6.07, 6.45) is 8.77. The third-order valence-electron chi connectivity index (χ3n) is 10.1. The summed E-state index contributed by atoms with van der Waals surface area (Å²) in [6, 6.07) is 41.0. The van der Waals surface area contributed by atoms with Crippen molar-refractivity contribution >= 4 is 65.2 Å². The lowest BCUT2D eigenvalue weighted by atomic mass is 9.80. The summed E-state index contributed by atoms with van der Waals surface area (Å²) < 4.78 is 4.90. The van der Waals surface area contributed by atoms with Gasteiger partial charge in [-0.15, -0.1) is 13.2 Å². The monoisotopic (exact) mass is 596 g/mol. The maximum absolute atomic E-state index is 4.12. The third kappa shape index (κ3) is 4.31. The van der Waals surface area contributed by atoms with Crippen molar-refractivity contribution in [1.29, 1.82) is 0 Å². The molecule has 0 unspecified atom stereocenters. The van der Waals surface area contributed by atoms with Gasteiger partial charge in [-0.2, -0.15) is 0 Å². The average molecular weight is 597 g/mol. The molecular formula is C44H40N2. The number of rotatable bonds is 10. The van der Waals surface area contributed by atoms with Crippen LogP contribution in [0.15, 0.2) is 135 Å². The zero-order chi connectivity index (χ0) is 31.2. The Hall–Kier alpha value is -5.08. The Morgan fingerprint density at radius 2 is 0.935 bits per heavy atom. The van der Waals surface area contributed by atoms with E-state index in [1.807, 2.05) is 12.2 Å². The number of unbranched alkanes of at least 4 members (excludes halogenated alkanes) is 2. The Kier molecular flexibility index (Phi) is 7.22. The smallest absolute Gasteiger partial charge is 0.0574 e. The van der Waals surface area contributed by atoms with E-state index in [-0.39, 0.29) is 5.92 Å². The number of nitrogens with zero attached hydrogens (tertiary/aromatic N) is 2. The summed E-state index contributed by atoms with van der Waals surface area (Å²) in [7, 11) is 0. The van der Waals surface area contributed by atoms with Crippen LogP contribution in [0.1, 0.15) is 49.7 Å². The first-order valence-corrected chi connectivity index (χ1v) is 16.8. The fraction of sp³-hybridized carbons (Fsp3) is 0.182. The van der Waals surface area contributed by atoms with Crippen molar-refractivity contribution < 1.29 is 0 Å². The highest BCUT2D eigenvalue weighted by Gasteiger charge is 2.25. The molecule has 226 valence electrons. The van der Waals surface area contributed by atoms with Gasteiger partial charge in [0, 0.05) is 62.4 Å². The van der Waals surface area contributed by atoms with Crippen LogP contribution in [0.2, 0.25) is 0 Å². The molecule has 0 N–H and O–H groups in total. The summed E-state index contributed by atoms with van der Waals surface area (Å²) >= 11 is 0. The maximum atomic E-state index is 4.12. The van der Waals surface area contributed by atoms with E-state index in [9.17, 15) is 0 Å². The van der Waals surface area contributed by atoms with E-state index < -0.39 is 0 Å². The van der Waals surface area contributed by atoms with E-state index >= 15 is 0 Å². The van der Waals surface area contributed by atoms with E-state index in [4.69, 9.17) is 0 Å². The van der Waals surface area contributed by atoms with Crippen LogP contribution in [-0.4, -0.2) is 9.13 Å². The first-order chi connectivity index (χ1) is 22.7. The van der Waals surface area contributed by atoms with Gasteiger partial charge in [-0.25, -0.2) is 0 Å². The average Bonchev–Trinajstić information content (AvgIpc) is 3.59. The summed E-state index contributed by atoms with van der Waals surface area (Å²) in [5, 5.41) is 10.6. The molecule has 8 rings (SSSR count). The molecule has 0 aliphatic rings. The zero-order valence-electron chi connectivity index (χ0n) is 26.7. The second-order valence-electron chi connectivity index (χ2n) is 12.7. The number of benzene rings is 6. The van der Waals surface area contributed by atoms with Crippen molar-refractivity contribution in [3.8, 4) is 0 Å². The molecule has 2 nitrogen and oxygen atoms in total. The first-order valence-electron chi connectivity index (χ1n) is 16.8. The van der Waals surface area contributed by atoms with E-state index in [1.54, 1.807) is 0 Å². The predicted octanol–water partition coefficient (Wildman–Crippen LogP) is 12.3. The number of para-hydroxylation sites is 2. The van der Waals surface area contributed by atoms with E-state index in [0.717, 1.165) is 19.5 Å².